The first-order valence-corrected chi connectivity index (χ1v) is 7.79. The number of hydrogen-bond acceptors (Lipinski definition) is 3. The van der Waals surface area contributed by atoms with E-state index in [1.807, 2.05) is 6.92 Å². The molecule has 0 aromatic rings. The van der Waals surface area contributed by atoms with E-state index in [1.54, 1.807) is 4.90 Å². The highest BCUT2D eigenvalue weighted by molar-refractivity contribution is 5.89. The van der Waals surface area contributed by atoms with Crippen LogP contribution in [0.25, 0.3) is 0 Å². The van der Waals surface area contributed by atoms with E-state index in [1.165, 1.54) is 0 Å². The summed E-state index contributed by atoms with van der Waals surface area (Å²) < 4.78 is 0. The van der Waals surface area contributed by atoms with Gasteiger partial charge in [-0.2, -0.15) is 0 Å². The Kier molecular flexibility index (Phi) is 5.20. The molecule has 0 aromatic heterocycles. The predicted octanol–water partition coefficient (Wildman–Crippen LogP) is 0.862. The molecule has 1 saturated carbocycles. The molecule has 1 saturated heterocycles. The molecule has 2 amide bonds. The number of carbonyl (C=O) groups excluding carboxylic acids is 2. The molecule has 1 heterocycles. The smallest absolute Gasteiger partial charge is 0.306 e. The van der Waals surface area contributed by atoms with Crippen LogP contribution < -0.4 is 5.32 Å². The third-order valence-electron chi connectivity index (χ3n) is 4.73. The number of rotatable bonds is 5. The van der Waals surface area contributed by atoms with Crippen molar-refractivity contribution in [3.05, 3.63) is 0 Å². The molecule has 2 N–H and O–H groups in total. The van der Waals surface area contributed by atoms with Crippen molar-refractivity contribution in [1.29, 1.82) is 0 Å². The average Bonchev–Trinajstić information content (AvgIpc) is 2.86. The van der Waals surface area contributed by atoms with Crippen molar-refractivity contribution >= 4 is 17.8 Å². The van der Waals surface area contributed by atoms with Gasteiger partial charge in [-0.05, 0) is 38.5 Å². The van der Waals surface area contributed by atoms with E-state index in [-0.39, 0.29) is 23.7 Å². The lowest BCUT2D eigenvalue weighted by Crippen LogP contribution is -2.37. The second-order valence-electron chi connectivity index (χ2n) is 6.13. The molecule has 0 bridgehead atoms. The van der Waals surface area contributed by atoms with Crippen LogP contribution in [0.5, 0.6) is 0 Å². The summed E-state index contributed by atoms with van der Waals surface area (Å²) in [5.41, 5.74) is 0. The van der Waals surface area contributed by atoms with E-state index in [9.17, 15) is 14.4 Å². The largest absolute Gasteiger partial charge is 0.481 e. The number of hydrogen-bond donors (Lipinski definition) is 2. The highest BCUT2D eigenvalue weighted by atomic mass is 16.4. The van der Waals surface area contributed by atoms with Crippen molar-refractivity contribution in [1.82, 2.24) is 10.2 Å². The fraction of sp³-hybridized carbons (Fsp3) is 0.800. The number of carboxylic acid groups (broad SMARTS) is 1. The molecule has 2 aliphatic rings. The molecule has 6 nitrogen and oxygen atoms in total. The van der Waals surface area contributed by atoms with E-state index in [0.717, 1.165) is 12.8 Å². The molecule has 1 unspecified atom stereocenters. The van der Waals surface area contributed by atoms with Gasteiger partial charge in [-0.1, -0.05) is 0 Å². The van der Waals surface area contributed by atoms with Gasteiger partial charge in [-0.25, -0.2) is 0 Å². The summed E-state index contributed by atoms with van der Waals surface area (Å²) in [6, 6.07) is 0. The van der Waals surface area contributed by atoms with Gasteiger partial charge >= 0.3 is 5.97 Å². The van der Waals surface area contributed by atoms with E-state index in [4.69, 9.17) is 5.11 Å². The average molecular weight is 296 g/mol. The molecule has 118 valence electrons. The highest BCUT2D eigenvalue weighted by Crippen LogP contribution is 2.28. The highest BCUT2D eigenvalue weighted by Gasteiger charge is 2.33. The molecule has 1 atom stereocenters. The van der Waals surface area contributed by atoms with Gasteiger partial charge in [0.25, 0.3) is 0 Å². The Bertz CT molecular complexity index is 416. The Balaban J connectivity index is 1.71. The number of nitrogens with zero attached hydrogens (tertiary/aromatic N) is 1. The van der Waals surface area contributed by atoms with Crippen LogP contribution in [-0.2, 0) is 14.4 Å². The summed E-state index contributed by atoms with van der Waals surface area (Å²) in [6.45, 7) is 3.69. The van der Waals surface area contributed by atoms with Crippen LogP contribution in [0.2, 0.25) is 0 Å². The Labute approximate surface area is 124 Å². The quantitative estimate of drug-likeness (QED) is 0.788. The van der Waals surface area contributed by atoms with Crippen LogP contribution in [0.4, 0.5) is 0 Å². The Morgan fingerprint density at radius 2 is 1.90 bits per heavy atom. The lowest BCUT2D eigenvalue weighted by molar-refractivity contribution is -0.143. The van der Waals surface area contributed by atoms with Crippen molar-refractivity contribution < 1.29 is 19.5 Å². The first-order chi connectivity index (χ1) is 10.0. The lowest BCUT2D eigenvalue weighted by atomic mass is 9.82. The summed E-state index contributed by atoms with van der Waals surface area (Å²) in [5.74, 6) is -0.778. The molecule has 0 aromatic carbocycles. The number of aliphatic carboxylic acids is 1. The molecular weight excluding hydrogens is 272 g/mol. The van der Waals surface area contributed by atoms with Crippen molar-refractivity contribution in [2.45, 2.75) is 39.0 Å². The molecule has 2 rings (SSSR count). The van der Waals surface area contributed by atoms with Gasteiger partial charge in [-0.3, -0.25) is 14.4 Å². The monoisotopic (exact) mass is 296 g/mol. The summed E-state index contributed by atoms with van der Waals surface area (Å²) in [6.07, 6.45) is 3.40. The number of likely N-dealkylation sites (tertiary alicyclic amines) is 1. The Morgan fingerprint density at radius 3 is 2.43 bits per heavy atom. The molecule has 21 heavy (non-hydrogen) atoms. The molecular formula is C15H24N2O4. The minimum absolute atomic E-state index is 0.0420. The zero-order chi connectivity index (χ0) is 15.4. The van der Waals surface area contributed by atoms with Crippen molar-refractivity contribution in [2.75, 3.05) is 19.6 Å². The first-order valence-electron chi connectivity index (χ1n) is 7.79. The van der Waals surface area contributed by atoms with Gasteiger partial charge in [-0.15, -0.1) is 0 Å². The second-order valence-corrected chi connectivity index (χ2v) is 6.13. The van der Waals surface area contributed by atoms with E-state index >= 15 is 0 Å². The molecule has 0 spiro atoms. The summed E-state index contributed by atoms with van der Waals surface area (Å²) >= 11 is 0. The van der Waals surface area contributed by atoms with E-state index in [0.29, 0.717) is 44.8 Å². The van der Waals surface area contributed by atoms with Gasteiger partial charge in [0.1, 0.15) is 0 Å². The molecule has 1 aliphatic heterocycles. The van der Waals surface area contributed by atoms with Gasteiger partial charge in [0.2, 0.25) is 11.8 Å². The third kappa shape index (κ3) is 3.95. The van der Waals surface area contributed by atoms with Crippen LogP contribution in [0.15, 0.2) is 0 Å². The summed E-state index contributed by atoms with van der Waals surface area (Å²) in [7, 11) is 0. The summed E-state index contributed by atoms with van der Waals surface area (Å²) in [5, 5.41) is 11.9. The fourth-order valence-electron chi connectivity index (χ4n) is 3.26. The maximum atomic E-state index is 12.1. The molecule has 2 fully saturated rings. The van der Waals surface area contributed by atoms with E-state index in [2.05, 4.69) is 5.32 Å². The fourth-order valence-corrected chi connectivity index (χ4v) is 3.26. The van der Waals surface area contributed by atoms with Crippen LogP contribution in [0.3, 0.4) is 0 Å². The SMILES string of the molecule is CCN1CC(C(=O)NCC2CCC(C(=O)O)CC2)CC1=O. The van der Waals surface area contributed by atoms with Crippen molar-refractivity contribution in [3.8, 4) is 0 Å². The second kappa shape index (κ2) is 6.91. The lowest BCUT2D eigenvalue weighted by Gasteiger charge is -2.26. The minimum atomic E-state index is -0.707. The maximum absolute atomic E-state index is 12.1. The molecule has 0 radical (unpaired) electrons. The maximum Gasteiger partial charge on any atom is 0.306 e. The van der Waals surface area contributed by atoms with Gasteiger partial charge in [0.15, 0.2) is 0 Å². The van der Waals surface area contributed by atoms with Crippen LogP contribution in [0, 0.1) is 17.8 Å². The first kappa shape index (κ1) is 15.8. The number of amides is 2. The number of carbonyl (C=O) groups is 3. The molecule has 1 aliphatic carbocycles. The third-order valence-corrected chi connectivity index (χ3v) is 4.73. The topological polar surface area (TPSA) is 86.7 Å². The zero-order valence-corrected chi connectivity index (χ0v) is 12.5. The van der Waals surface area contributed by atoms with Crippen molar-refractivity contribution in [2.24, 2.45) is 17.8 Å². The Hall–Kier alpha value is -1.59. The number of carboxylic acids is 1. The minimum Gasteiger partial charge on any atom is -0.481 e. The van der Waals surface area contributed by atoms with Crippen LogP contribution in [-0.4, -0.2) is 47.4 Å². The molecule has 6 heteroatoms. The predicted molar refractivity (Wildman–Crippen MR) is 76.5 cm³/mol. The summed E-state index contributed by atoms with van der Waals surface area (Å²) in [4.78, 5) is 36.3. The van der Waals surface area contributed by atoms with E-state index < -0.39 is 5.97 Å². The van der Waals surface area contributed by atoms with Crippen LogP contribution >= 0.6 is 0 Å². The zero-order valence-electron chi connectivity index (χ0n) is 12.5. The normalized spacial score (nSPS) is 29.5. The van der Waals surface area contributed by atoms with Crippen molar-refractivity contribution in [3.63, 3.8) is 0 Å². The van der Waals surface area contributed by atoms with Gasteiger partial charge in [0, 0.05) is 26.1 Å². The standard InChI is InChI=1S/C15H24N2O4/c1-2-17-9-12(7-13(17)18)14(19)16-8-10-3-5-11(6-4-10)15(20)21/h10-12H,2-9H2,1H3,(H,16,19)(H,20,21). The number of nitrogens with one attached hydrogen (secondary N) is 1. The Morgan fingerprint density at radius 1 is 1.24 bits per heavy atom. The van der Waals surface area contributed by atoms with Crippen LogP contribution in [0.1, 0.15) is 39.0 Å². The van der Waals surface area contributed by atoms with Gasteiger partial charge in [0.05, 0.1) is 11.8 Å². The van der Waals surface area contributed by atoms with Gasteiger partial charge < -0.3 is 15.3 Å².